The quantitative estimate of drug-likeness (QED) is 0.574. The molecule has 2 saturated heterocycles. The van der Waals surface area contributed by atoms with E-state index in [2.05, 4.69) is 11.0 Å². The van der Waals surface area contributed by atoms with Gasteiger partial charge in [0.1, 0.15) is 17.5 Å². The second kappa shape index (κ2) is 11.2. The molecule has 9 heteroatoms. The van der Waals surface area contributed by atoms with Crippen LogP contribution in [0.5, 0.6) is 5.75 Å². The van der Waals surface area contributed by atoms with Crippen LogP contribution in [0.2, 0.25) is 0 Å². The van der Waals surface area contributed by atoms with Crippen molar-refractivity contribution in [3.8, 4) is 11.8 Å². The van der Waals surface area contributed by atoms with Gasteiger partial charge in [-0.25, -0.2) is 0 Å². The number of nitrogens with zero attached hydrogens (tertiary/aromatic N) is 5. The van der Waals surface area contributed by atoms with E-state index in [-0.39, 0.29) is 11.8 Å². The van der Waals surface area contributed by atoms with Crippen molar-refractivity contribution in [3.05, 3.63) is 53.9 Å². The summed E-state index contributed by atoms with van der Waals surface area (Å²) in [6, 6.07) is 12.3. The lowest BCUT2D eigenvalue weighted by atomic mass is 10.1. The Morgan fingerprint density at radius 1 is 1.15 bits per heavy atom. The zero-order valence-electron chi connectivity index (χ0n) is 19.6. The highest BCUT2D eigenvalue weighted by Crippen LogP contribution is 2.18. The van der Waals surface area contributed by atoms with Crippen molar-refractivity contribution in [3.63, 3.8) is 0 Å². The summed E-state index contributed by atoms with van der Waals surface area (Å²) in [5.74, 6) is 0.553. The zero-order valence-corrected chi connectivity index (χ0v) is 19.6. The van der Waals surface area contributed by atoms with Crippen molar-refractivity contribution in [1.29, 1.82) is 5.26 Å². The summed E-state index contributed by atoms with van der Waals surface area (Å²) in [6.07, 6.45) is 2.62. The van der Waals surface area contributed by atoms with Crippen LogP contribution < -0.4 is 4.74 Å². The first-order valence-corrected chi connectivity index (χ1v) is 11.7. The number of hydrogen-bond acceptors (Lipinski definition) is 6. The van der Waals surface area contributed by atoms with Crippen LogP contribution in [-0.4, -0.2) is 96.2 Å². The van der Waals surface area contributed by atoms with Crippen molar-refractivity contribution in [2.75, 3.05) is 59.1 Å². The maximum atomic E-state index is 13.4. The number of morpholine rings is 1. The van der Waals surface area contributed by atoms with E-state index in [0.29, 0.717) is 69.6 Å². The maximum absolute atomic E-state index is 13.4. The van der Waals surface area contributed by atoms with E-state index in [9.17, 15) is 9.59 Å². The number of piperazine rings is 1. The van der Waals surface area contributed by atoms with E-state index in [1.807, 2.05) is 30.3 Å². The molecule has 2 fully saturated rings. The molecule has 34 heavy (non-hydrogen) atoms. The Morgan fingerprint density at radius 3 is 2.71 bits per heavy atom. The number of benzene rings is 1. The van der Waals surface area contributed by atoms with Crippen molar-refractivity contribution >= 4 is 11.8 Å². The molecular weight excluding hydrogens is 434 g/mol. The fraction of sp³-hybridized carbons (Fsp3) is 0.480. The molecule has 1 aromatic heterocycles. The first-order valence-electron chi connectivity index (χ1n) is 11.7. The average Bonchev–Trinajstić information content (AvgIpc) is 3.32. The van der Waals surface area contributed by atoms with Gasteiger partial charge in [-0.1, -0.05) is 6.07 Å². The van der Waals surface area contributed by atoms with Crippen LogP contribution in [-0.2, 0) is 16.6 Å². The summed E-state index contributed by atoms with van der Waals surface area (Å²) in [5.41, 5.74) is 1.15. The van der Waals surface area contributed by atoms with Crippen molar-refractivity contribution in [2.45, 2.75) is 12.5 Å². The molecule has 0 radical (unpaired) electrons. The van der Waals surface area contributed by atoms with E-state index >= 15 is 0 Å². The molecule has 2 aliphatic heterocycles. The fourth-order valence-electron chi connectivity index (χ4n) is 4.46. The van der Waals surface area contributed by atoms with Crippen LogP contribution in [0.3, 0.4) is 0 Å². The van der Waals surface area contributed by atoms with Crippen molar-refractivity contribution < 1.29 is 19.1 Å². The van der Waals surface area contributed by atoms with Gasteiger partial charge in [0.2, 0.25) is 5.91 Å². The SMILES string of the molecule is Cn1cccc1C(=O)N1CCN(CCCOc2cccc(C#N)c2)CC1C(=O)N1CCOCC1. The monoisotopic (exact) mass is 465 g/mol. The van der Waals surface area contributed by atoms with Gasteiger partial charge in [-0.3, -0.25) is 14.5 Å². The highest BCUT2D eigenvalue weighted by molar-refractivity contribution is 5.96. The predicted molar refractivity (Wildman–Crippen MR) is 125 cm³/mol. The van der Waals surface area contributed by atoms with Gasteiger partial charge in [0.25, 0.3) is 5.91 Å². The number of nitriles is 1. The summed E-state index contributed by atoms with van der Waals surface area (Å²) in [7, 11) is 1.84. The average molecular weight is 466 g/mol. The van der Waals surface area contributed by atoms with Gasteiger partial charge in [0, 0.05) is 52.5 Å². The standard InChI is InChI=1S/C25H31N5O4/c1-27-8-3-7-22(27)25(32)30-11-10-28(19-23(30)24(31)29-12-15-33-16-13-29)9-4-14-34-21-6-2-5-20(17-21)18-26/h2-3,5-8,17,23H,4,9-16,19H2,1H3. The number of carbonyl (C=O) groups excluding carboxylic acids is 2. The van der Waals surface area contributed by atoms with Crippen LogP contribution >= 0.6 is 0 Å². The molecule has 4 rings (SSSR count). The Kier molecular flexibility index (Phi) is 7.83. The number of aromatic nitrogens is 1. The van der Waals surface area contributed by atoms with Gasteiger partial charge in [0.15, 0.2) is 0 Å². The van der Waals surface area contributed by atoms with E-state index < -0.39 is 6.04 Å². The molecule has 1 aromatic carbocycles. The third kappa shape index (κ3) is 5.58. The number of carbonyl (C=O) groups is 2. The molecule has 1 unspecified atom stereocenters. The van der Waals surface area contributed by atoms with E-state index in [1.165, 1.54) is 0 Å². The topological polar surface area (TPSA) is 91.0 Å². The van der Waals surface area contributed by atoms with E-state index in [0.717, 1.165) is 13.0 Å². The molecule has 2 aliphatic rings. The molecule has 180 valence electrons. The highest BCUT2D eigenvalue weighted by Gasteiger charge is 2.38. The van der Waals surface area contributed by atoms with Crippen molar-refractivity contribution in [1.82, 2.24) is 19.3 Å². The lowest BCUT2D eigenvalue weighted by Gasteiger charge is -2.43. The largest absolute Gasteiger partial charge is 0.494 e. The first kappa shape index (κ1) is 23.8. The van der Waals surface area contributed by atoms with Crippen LogP contribution in [0.15, 0.2) is 42.6 Å². The summed E-state index contributed by atoms with van der Waals surface area (Å²) in [4.78, 5) is 32.5. The lowest BCUT2D eigenvalue weighted by Crippen LogP contribution is -2.62. The van der Waals surface area contributed by atoms with Crippen LogP contribution in [0.1, 0.15) is 22.5 Å². The number of rotatable bonds is 7. The first-order chi connectivity index (χ1) is 16.6. The maximum Gasteiger partial charge on any atom is 0.271 e. The molecule has 3 heterocycles. The predicted octanol–water partition coefficient (Wildman–Crippen LogP) is 1.35. The molecular formula is C25H31N5O4. The summed E-state index contributed by atoms with van der Waals surface area (Å²) < 4.78 is 13.0. The Bertz CT molecular complexity index is 1040. The number of ether oxygens (including phenoxy) is 2. The number of amides is 2. The summed E-state index contributed by atoms with van der Waals surface area (Å²) in [6.45, 7) is 5.13. The van der Waals surface area contributed by atoms with Gasteiger partial charge in [0.05, 0.1) is 31.5 Å². The molecule has 0 aliphatic carbocycles. The molecule has 9 nitrogen and oxygen atoms in total. The smallest absolute Gasteiger partial charge is 0.271 e. The normalized spacial score (nSPS) is 19.0. The van der Waals surface area contributed by atoms with Crippen LogP contribution in [0.4, 0.5) is 0 Å². The Morgan fingerprint density at radius 2 is 1.97 bits per heavy atom. The third-order valence-corrected chi connectivity index (χ3v) is 6.35. The molecule has 2 amide bonds. The molecule has 0 spiro atoms. The Hall–Kier alpha value is -3.35. The minimum atomic E-state index is -0.525. The molecule has 0 bridgehead atoms. The molecule has 2 aromatic rings. The minimum absolute atomic E-state index is 0.0138. The van der Waals surface area contributed by atoms with Gasteiger partial charge in [-0.2, -0.15) is 5.26 Å². The van der Waals surface area contributed by atoms with Crippen LogP contribution in [0, 0.1) is 11.3 Å². The second-order valence-corrected chi connectivity index (χ2v) is 8.60. The number of aryl methyl sites for hydroxylation is 1. The highest BCUT2D eigenvalue weighted by atomic mass is 16.5. The van der Waals surface area contributed by atoms with Crippen molar-refractivity contribution in [2.24, 2.45) is 7.05 Å². The lowest BCUT2D eigenvalue weighted by molar-refractivity contribution is -0.142. The Balaban J connectivity index is 1.38. The van der Waals surface area contributed by atoms with Gasteiger partial charge < -0.3 is 23.8 Å². The van der Waals surface area contributed by atoms with Gasteiger partial charge in [-0.15, -0.1) is 0 Å². The molecule has 0 N–H and O–H groups in total. The number of hydrogen-bond donors (Lipinski definition) is 0. The van der Waals surface area contributed by atoms with Gasteiger partial charge >= 0.3 is 0 Å². The third-order valence-electron chi connectivity index (χ3n) is 6.35. The summed E-state index contributed by atoms with van der Waals surface area (Å²) >= 11 is 0. The van der Waals surface area contributed by atoms with E-state index in [1.54, 1.807) is 33.7 Å². The molecule has 0 saturated carbocycles. The summed E-state index contributed by atoms with van der Waals surface area (Å²) in [5, 5.41) is 9.02. The second-order valence-electron chi connectivity index (χ2n) is 8.60. The minimum Gasteiger partial charge on any atom is -0.494 e. The van der Waals surface area contributed by atoms with Gasteiger partial charge in [-0.05, 0) is 36.8 Å². The fourth-order valence-corrected chi connectivity index (χ4v) is 4.46. The molecule has 1 atom stereocenters. The Labute approximate surface area is 200 Å². The van der Waals surface area contributed by atoms with Crippen LogP contribution in [0.25, 0.3) is 0 Å². The van der Waals surface area contributed by atoms with E-state index in [4.69, 9.17) is 14.7 Å². The zero-order chi connectivity index (χ0) is 23.9.